The van der Waals surface area contributed by atoms with E-state index in [2.05, 4.69) is 10.6 Å². The molecule has 0 saturated carbocycles. The van der Waals surface area contributed by atoms with E-state index < -0.39 is 0 Å². The Morgan fingerprint density at radius 3 is 2.38 bits per heavy atom. The first kappa shape index (κ1) is 11.1. The zero-order valence-electron chi connectivity index (χ0n) is 9.75. The molecular formula is C12H18N2O2. The van der Waals surface area contributed by atoms with Crippen LogP contribution in [0.3, 0.4) is 0 Å². The van der Waals surface area contributed by atoms with Crippen LogP contribution in [-0.4, -0.2) is 33.4 Å². The van der Waals surface area contributed by atoms with Crippen LogP contribution in [0.1, 0.15) is 6.42 Å². The molecule has 88 valence electrons. The van der Waals surface area contributed by atoms with Crippen molar-refractivity contribution >= 4 is 5.69 Å². The van der Waals surface area contributed by atoms with Crippen LogP contribution in [0.2, 0.25) is 0 Å². The van der Waals surface area contributed by atoms with Crippen LogP contribution in [0.25, 0.3) is 0 Å². The summed E-state index contributed by atoms with van der Waals surface area (Å²) in [6, 6.07) is 6.34. The van der Waals surface area contributed by atoms with Gasteiger partial charge in [-0.15, -0.1) is 0 Å². The zero-order valence-corrected chi connectivity index (χ0v) is 9.75. The SMILES string of the molecule is COc1cc(NC2CCNC2)cc(OC)c1. The van der Waals surface area contributed by atoms with Gasteiger partial charge in [0.15, 0.2) is 0 Å². The summed E-state index contributed by atoms with van der Waals surface area (Å²) in [5, 5.41) is 6.79. The van der Waals surface area contributed by atoms with Crippen LogP contribution < -0.4 is 20.1 Å². The topological polar surface area (TPSA) is 42.5 Å². The number of rotatable bonds is 4. The molecule has 0 aromatic heterocycles. The second-order valence-electron chi connectivity index (χ2n) is 3.94. The first-order valence-electron chi connectivity index (χ1n) is 5.52. The minimum Gasteiger partial charge on any atom is -0.497 e. The summed E-state index contributed by atoms with van der Waals surface area (Å²) in [5.41, 5.74) is 1.05. The van der Waals surface area contributed by atoms with Crippen LogP contribution in [0.5, 0.6) is 11.5 Å². The number of ether oxygens (including phenoxy) is 2. The molecule has 4 heteroatoms. The van der Waals surface area contributed by atoms with Crippen molar-refractivity contribution in [3.05, 3.63) is 18.2 Å². The molecule has 0 aliphatic carbocycles. The molecule has 1 atom stereocenters. The third-order valence-electron chi connectivity index (χ3n) is 2.78. The Hall–Kier alpha value is -1.42. The molecule has 1 saturated heterocycles. The van der Waals surface area contributed by atoms with E-state index in [9.17, 15) is 0 Å². The van der Waals surface area contributed by atoms with Crippen molar-refractivity contribution in [2.75, 3.05) is 32.6 Å². The molecule has 1 aromatic rings. The second kappa shape index (κ2) is 5.07. The van der Waals surface area contributed by atoms with E-state index in [0.717, 1.165) is 36.7 Å². The van der Waals surface area contributed by atoms with Gasteiger partial charge in [0.2, 0.25) is 0 Å². The molecule has 0 amide bonds. The van der Waals surface area contributed by atoms with Gasteiger partial charge in [-0.05, 0) is 13.0 Å². The minimum absolute atomic E-state index is 0.497. The Balaban J connectivity index is 2.12. The van der Waals surface area contributed by atoms with Crippen LogP contribution in [0, 0.1) is 0 Å². The van der Waals surface area contributed by atoms with Gasteiger partial charge >= 0.3 is 0 Å². The lowest BCUT2D eigenvalue weighted by Crippen LogP contribution is -2.22. The van der Waals surface area contributed by atoms with Crippen LogP contribution in [-0.2, 0) is 0 Å². The molecule has 0 radical (unpaired) electrons. The van der Waals surface area contributed by atoms with Crippen LogP contribution >= 0.6 is 0 Å². The Morgan fingerprint density at radius 2 is 1.88 bits per heavy atom. The van der Waals surface area contributed by atoms with Crippen molar-refractivity contribution in [1.29, 1.82) is 0 Å². The van der Waals surface area contributed by atoms with Crippen molar-refractivity contribution in [3.63, 3.8) is 0 Å². The molecule has 1 aliphatic heterocycles. The van der Waals surface area contributed by atoms with Gasteiger partial charge < -0.3 is 20.1 Å². The molecule has 0 spiro atoms. The quantitative estimate of drug-likeness (QED) is 0.809. The standard InChI is InChI=1S/C12H18N2O2/c1-15-11-5-10(6-12(7-11)16-2)14-9-3-4-13-8-9/h5-7,9,13-14H,3-4,8H2,1-2H3. The number of hydrogen-bond acceptors (Lipinski definition) is 4. The highest BCUT2D eigenvalue weighted by molar-refractivity contribution is 5.54. The van der Waals surface area contributed by atoms with E-state index in [4.69, 9.17) is 9.47 Å². The zero-order chi connectivity index (χ0) is 11.4. The third kappa shape index (κ3) is 2.58. The average molecular weight is 222 g/mol. The molecule has 1 aromatic carbocycles. The monoisotopic (exact) mass is 222 g/mol. The molecule has 16 heavy (non-hydrogen) atoms. The maximum Gasteiger partial charge on any atom is 0.124 e. The fourth-order valence-electron chi connectivity index (χ4n) is 1.90. The smallest absolute Gasteiger partial charge is 0.124 e. The normalized spacial score (nSPS) is 19.5. The fourth-order valence-corrected chi connectivity index (χ4v) is 1.90. The third-order valence-corrected chi connectivity index (χ3v) is 2.78. The van der Waals surface area contributed by atoms with Gasteiger partial charge in [0.1, 0.15) is 11.5 Å². The molecule has 0 bridgehead atoms. The Labute approximate surface area is 95.9 Å². The van der Waals surface area contributed by atoms with E-state index >= 15 is 0 Å². The predicted molar refractivity (Wildman–Crippen MR) is 64.4 cm³/mol. The van der Waals surface area contributed by atoms with E-state index in [-0.39, 0.29) is 0 Å². The second-order valence-corrected chi connectivity index (χ2v) is 3.94. The van der Waals surface area contributed by atoms with Gasteiger partial charge in [0, 0.05) is 36.5 Å². The predicted octanol–water partition coefficient (Wildman–Crippen LogP) is 1.48. The first-order chi connectivity index (χ1) is 7.81. The summed E-state index contributed by atoms with van der Waals surface area (Å²) in [7, 11) is 3.32. The lowest BCUT2D eigenvalue weighted by molar-refractivity contribution is 0.394. The van der Waals surface area contributed by atoms with Crippen molar-refractivity contribution in [2.45, 2.75) is 12.5 Å². The van der Waals surface area contributed by atoms with Crippen molar-refractivity contribution < 1.29 is 9.47 Å². The molecule has 1 unspecified atom stereocenters. The molecule has 1 heterocycles. The number of nitrogens with one attached hydrogen (secondary N) is 2. The summed E-state index contributed by atoms with van der Waals surface area (Å²) in [4.78, 5) is 0. The van der Waals surface area contributed by atoms with Crippen molar-refractivity contribution in [1.82, 2.24) is 5.32 Å². The molecule has 4 nitrogen and oxygen atoms in total. The number of anilines is 1. The highest BCUT2D eigenvalue weighted by atomic mass is 16.5. The molecule has 1 aliphatic rings. The lowest BCUT2D eigenvalue weighted by atomic mass is 10.2. The van der Waals surface area contributed by atoms with Crippen LogP contribution in [0.4, 0.5) is 5.69 Å². The molecular weight excluding hydrogens is 204 g/mol. The Morgan fingerprint density at radius 1 is 1.19 bits per heavy atom. The number of benzene rings is 1. The van der Waals surface area contributed by atoms with Gasteiger partial charge in [0.05, 0.1) is 14.2 Å². The molecule has 2 rings (SSSR count). The van der Waals surface area contributed by atoms with Crippen molar-refractivity contribution in [3.8, 4) is 11.5 Å². The average Bonchev–Trinajstić information content (AvgIpc) is 2.81. The summed E-state index contributed by atoms with van der Waals surface area (Å²) in [6.45, 7) is 2.10. The summed E-state index contributed by atoms with van der Waals surface area (Å²) >= 11 is 0. The Bertz CT molecular complexity index is 327. The van der Waals surface area contributed by atoms with Gasteiger partial charge in [-0.2, -0.15) is 0 Å². The Kier molecular flexibility index (Phi) is 3.51. The van der Waals surface area contributed by atoms with Crippen molar-refractivity contribution in [2.24, 2.45) is 0 Å². The molecule has 1 fully saturated rings. The number of hydrogen-bond donors (Lipinski definition) is 2. The van der Waals surface area contributed by atoms with E-state index in [1.54, 1.807) is 14.2 Å². The summed E-state index contributed by atoms with van der Waals surface area (Å²) in [5.74, 6) is 1.63. The van der Waals surface area contributed by atoms with E-state index in [1.807, 2.05) is 18.2 Å². The maximum atomic E-state index is 5.23. The first-order valence-corrected chi connectivity index (χ1v) is 5.52. The fraction of sp³-hybridized carbons (Fsp3) is 0.500. The van der Waals surface area contributed by atoms with Crippen LogP contribution in [0.15, 0.2) is 18.2 Å². The van der Waals surface area contributed by atoms with Gasteiger partial charge in [0.25, 0.3) is 0 Å². The summed E-state index contributed by atoms with van der Waals surface area (Å²) < 4.78 is 10.5. The van der Waals surface area contributed by atoms with E-state index in [0.29, 0.717) is 6.04 Å². The lowest BCUT2D eigenvalue weighted by Gasteiger charge is -2.15. The van der Waals surface area contributed by atoms with Gasteiger partial charge in [-0.25, -0.2) is 0 Å². The number of methoxy groups -OCH3 is 2. The highest BCUT2D eigenvalue weighted by Gasteiger charge is 2.14. The highest BCUT2D eigenvalue weighted by Crippen LogP contribution is 2.26. The van der Waals surface area contributed by atoms with E-state index in [1.165, 1.54) is 0 Å². The largest absolute Gasteiger partial charge is 0.497 e. The van der Waals surface area contributed by atoms with Gasteiger partial charge in [-0.3, -0.25) is 0 Å². The maximum absolute atomic E-state index is 5.23. The minimum atomic E-state index is 0.497. The molecule has 2 N–H and O–H groups in total. The summed E-state index contributed by atoms with van der Waals surface area (Å²) in [6.07, 6.45) is 1.15. The van der Waals surface area contributed by atoms with Gasteiger partial charge in [-0.1, -0.05) is 0 Å².